The summed E-state index contributed by atoms with van der Waals surface area (Å²) in [6.45, 7) is 6.51. The summed E-state index contributed by atoms with van der Waals surface area (Å²) >= 11 is 0. The third kappa shape index (κ3) is 3.53. The maximum atomic E-state index is 9.09. The summed E-state index contributed by atoms with van der Waals surface area (Å²) in [6, 6.07) is 9.15. The number of hydrogen-bond acceptors (Lipinski definition) is 3. The average Bonchev–Trinajstić information content (AvgIpc) is 2.32. The first kappa shape index (κ1) is 12.6. The maximum Gasteiger partial charge on any atom is 0.0446 e. The highest BCUT2D eigenvalue weighted by molar-refractivity contribution is 5.22. The smallest absolute Gasteiger partial charge is 0.0446 e. The topological polar surface area (TPSA) is 35.5 Å². The minimum Gasteiger partial charge on any atom is -0.396 e. The molecule has 0 amide bonds. The quantitative estimate of drug-likeness (QED) is 0.820. The number of nitrogens with zero attached hydrogens (tertiary/aromatic N) is 1. The largest absolute Gasteiger partial charge is 0.396 e. The first-order valence-corrected chi connectivity index (χ1v) is 6.41. The van der Waals surface area contributed by atoms with Crippen molar-refractivity contribution in [1.82, 2.24) is 10.2 Å². The molecule has 1 fully saturated rings. The first-order valence-electron chi connectivity index (χ1n) is 6.41. The molecule has 0 radical (unpaired) electrons. The normalized spacial score (nSPS) is 21.6. The third-order valence-corrected chi connectivity index (χ3v) is 3.40. The predicted octanol–water partition coefficient (Wildman–Crippen LogP) is 1.15. The fraction of sp³-hybridized carbons (Fsp3) is 0.571. The van der Waals surface area contributed by atoms with E-state index in [0.717, 1.165) is 32.6 Å². The molecule has 17 heavy (non-hydrogen) atoms. The number of rotatable bonds is 4. The molecule has 3 nitrogen and oxygen atoms in total. The Balaban J connectivity index is 2.00. The summed E-state index contributed by atoms with van der Waals surface area (Å²) in [4.78, 5) is 2.47. The minimum absolute atomic E-state index is 0.274. The maximum absolute atomic E-state index is 9.09. The molecule has 1 saturated heterocycles. The molecule has 0 bridgehead atoms. The van der Waals surface area contributed by atoms with Crippen LogP contribution in [0.2, 0.25) is 0 Å². The average molecular weight is 234 g/mol. The third-order valence-electron chi connectivity index (χ3n) is 3.40. The van der Waals surface area contributed by atoms with E-state index in [0.29, 0.717) is 6.04 Å². The van der Waals surface area contributed by atoms with Crippen molar-refractivity contribution in [1.29, 1.82) is 0 Å². The van der Waals surface area contributed by atoms with Crippen LogP contribution in [0.3, 0.4) is 0 Å². The molecular formula is C14H22N2O. The molecule has 1 aliphatic heterocycles. The van der Waals surface area contributed by atoms with E-state index in [9.17, 15) is 0 Å². The highest BCUT2D eigenvalue weighted by Crippen LogP contribution is 2.13. The zero-order valence-corrected chi connectivity index (χ0v) is 10.5. The predicted molar refractivity (Wildman–Crippen MR) is 69.9 cm³/mol. The molecule has 0 unspecified atom stereocenters. The van der Waals surface area contributed by atoms with Gasteiger partial charge in [-0.25, -0.2) is 0 Å². The highest BCUT2D eigenvalue weighted by Gasteiger charge is 2.21. The molecule has 94 valence electrons. The van der Waals surface area contributed by atoms with Crippen LogP contribution in [0.1, 0.15) is 17.5 Å². The lowest BCUT2D eigenvalue weighted by molar-refractivity contribution is 0.123. The van der Waals surface area contributed by atoms with Crippen molar-refractivity contribution in [2.24, 2.45) is 0 Å². The highest BCUT2D eigenvalue weighted by atomic mass is 16.3. The van der Waals surface area contributed by atoms with E-state index in [1.165, 1.54) is 11.1 Å². The van der Waals surface area contributed by atoms with Gasteiger partial charge in [0.2, 0.25) is 0 Å². The lowest BCUT2D eigenvalue weighted by Crippen LogP contribution is -2.51. The van der Waals surface area contributed by atoms with E-state index in [1.54, 1.807) is 0 Å². The molecule has 3 heteroatoms. The number of aryl methyl sites for hydroxylation is 1. The van der Waals surface area contributed by atoms with Crippen molar-refractivity contribution in [2.75, 3.05) is 26.2 Å². The molecule has 1 heterocycles. The van der Waals surface area contributed by atoms with Gasteiger partial charge in [-0.05, 0) is 18.9 Å². The summed E-state index contributed by atoms with van der Waals surface area (Å²) in [7, 11) is 0. The van der Waals surface area contributed by atoms with E-state index >= 15 is 0 Å². The summed E-state index contributed by atoms with van der Waals surface area (Å²) in [5.74, 6) is 0. The number of piperazine rings is 1. The van der Waals surface area contributed by atoms with Crippen LogP contribution in [-0.2, 0) is 6.54 Å². The molecule has 1 aliphatic rings. The number of hydrogen-bond donors (Lipinski definition) is 2. The SMILES string of the molecule is Cc1cccc(CN2CCNC[C@H]2CCO)c1. The molecule has 0 saturated carbocycles. The van der Waals surface area contributed by atoms with Gasteiger partial charge in [0, 0.05) is 38.8 Å². The molecule has 1 aromatic rings. The van der Waals surface area contributed by atoms with Crippen LogP contribution in [-0.4, -0.2) is 42.3 Å². The zero-order chi connectivity index (χ0) is 12.1. The molecule has 1 aromatic carbocycles. The second kappa shape index (κ2) is 6.15. The van der Waals surface area contributed by atoms with Crippen molar-refractivity contribution < 1.29 is 5.11 Å². The molecule has 2 rings (SSSR count). The van der Waals surface area contributed by atoms with Gasteiger partial charge in [-0.3, -0.25) is 4.90 Å². The Morgan fingerprint density at radius 1 is 1.47 bits per heavy atom. The van der Waals surface area contributed by atoms with E-state index in [4.69, 9.17) is 5.11 Å². The van der Waals surface area contributed by atoms with Crippen molar-refractivity contribution in [2.45, 2.75) is 25.9 Å². The van der Waals surface area contributed by atoms with Crippen LogP contribution < -0.4 is 5.32 Å². The van der Waals surface area contributed by atoms with Crippen molar-refractivity contribution in [3.63, 3.8) is 0 Å². The Morgan fingerprint density at radius 3 is 3.12 bits per heavy atom. The van der Waals surface area contributed by atoms with Gasteiger partial charge in [0.25, 0.3) is 0 Å². The van der Waals surface area contributed by atoms with Crippen molar-refractivity contribution in [3.05, 3.63) is 35.4 Å². The standard InChI is InChI=1S/C14H22N2O/c1-12-3-2-4-13(9-12)11-16-7-6-15-10-14(16)5-8-17/h2-4,9,14-15,17H,5-8,10-11H2,1H3/t14-/m1/s1. The van der Waals surface area contributed by atoms with Gasteiger partial charge in [-0.1, -0.05) is 29.8 Å². The summed E-state index contributed by atoms with van der Waals surface area (Å²) in [6.07, 6.45) is 0.860. The van der Waals surface area contributed by atoms with Crippen molar-refractivity contribution >= 4 is 0 Å². The van der Waals surface area contributed by atoms with Gasteiger partial charge in [0.05, 0.1) is 0 Å². The monoisotopic (exact) mass is 234 g/mol. The van der Waals surface area contributed by atoms with Gasteiger partial charge in [-0.2, -0.15) is 0 Å². The minimum atomic E-state index is 0.274. The molecule has 0 aliphatic carbocycles. The number of aliphatic hydroxyl groups is 1. The van der Waals surface area contributed by atoms with E-state index in [1.807, 2.05) is 0 Å². The van der Waals surface area contributed by atoms with Crippen LogP contribution in [0.15, 0.2) is 24.3 Å². The van der Waals surface area contributed by atoms with Crippen LogP contribution in [0.4, 0.5) is 0 Å². The molecular weight excluding hydrogens is 212 g/mol. The number of nitrogens with one attached hydrogen (secondary N) is 1. The fourth-order valence-corrected chi connectivity index (χ4v) is 2.49. The lowest BCUT2D eigenvalue weighted by atomic mass is 10.1. The van der Waals surface area contributed by atoms with Crippen LogP contribution in [0, 0.1) is 6.92 Å². The van der Waals surface area contributed by atoms with Crippen LogP contribution in [0.5, 0.6) is 0 Å². The number of benzene rings is 1. The van der Waals surface area contributed by atoms with Crippen LogP contribution >= 0.6 is 0 Å². The molecule has 0 spiro atoms. The Labute approximate surface area is 103 Å². The number of aliphatic hydroxyl groups excluding tert-OH is 1. The van der Waals surface area contributed by atoms with Gasteiger partial charge in [-0.15, -0.1) is 0 Å². The van der Waals surface area contributed by atoms with Gasteiger partial charge < -0.3 is 10.4 Å². The Morgan fingerprint density at radius 2 is 2.35 bits per heavy atom. The Bertz CT molecular complexity index is 352. The first-order chi connectivity index (χ1) is 8.29. The summed E-state index contributed by atoms with van der Waals surface area (Å²) < 4.78 is 0. The van der Waals surface area contributed by atoms with Gasteiger partial charge >= 0.3 is 0 Å². The van der Waals surface area contributed by atoms with Crippen molar-refractivity contribution in [3.8, 4) is 0 Å². The van der Waals surface area contributed by atoms with Crippen LogP contribution in [0.25, 0.3) is 0 Å². The fourth-order valence-electron chi connectivity index (χ4n) is 2.49. The lowest BCUT2D eigenvalue weighted by Gasteiger charge is -2.36. The Hall–Kier alpha value is -0.900. The van der Waals surface area contributed by atoms with E-state index < -0.39 is 0 Å². The summed E-state index contributed by atoms with van der Waals surface area (Å²) in [5.41, 5.74) is 2.69. The second-order valence-electron chi connectivity index (χ2n) is 4.83. The molecule has 2 N–H and O–H groups in total. The Kier molecular flexibility index (Phi) is 4.54. The molecule has 1 atom stereocenters. The molecule has 0 aromatic heterocycles. The van der Waals surface area contributed by atoms with E-state index in [2.05, 4.69) is 41.4 Å². The van der Waals surface area contributed by atoms with E-state index in [-0.39, 0.29) is 6.61 Å². The second-order valence-corrected chi connectivity index (χ2v) is 4.83. The zero-order valence-electron chi connectivity index (χ0n) is 10.5. The van der Waals surface area contributed by atoms with Gasteiger partial charge in [0.1, 0.15) is 0 Å². The summed E-state index contributed by atoms with van der Waals surface area (Å²) in [5, 5.41) is 12.5. The van der Waals surface area contributed by atoms with Gasteiger partial charge in [0.15, 0.2) is 0 Å².